The van der Waals surface area contributed by atoms with Crippen LogP contribution < -0.4 is 5.73 Å². The van der Waals surface area contributed by atoms with Gasteiger partial charge < -0.3 is 10.8 Å². The molecule has 70 valence electrons. The van der Waals surface area contributed by atoms with E-state index in [1.54, 1.807) is 0 Å². The Morgan fingerprint density at radius 3 is 2.75 bits per heavy atom. The summed E-state index contributed by atoms with van der Waals surface area (Å²) in [5.74, 6) is -1.02. The number of nitrogens with zero attached hydrogens (tertiary/aromatic N) is 3. The highest BCUT2D eigenvalue weighted by Crippen LogP contribution is 1.94. The van der Waals surface area contributed by atoms with Gasteiger partial charge >= 0.3 is 5.97 Å². The Balaban J connectivity index is 0. The van der Waals surface area contributed by atoms with Crippen LogP contribution in [0.2, 0.25) is 0 Å². The Hall–Kier alpha value is -0.970. The van der Waals surface area contributed by atoms with Crippen molar-refractivity contribution in [1.82, 2.24) is 0 Å². The van der Waals surface area contributed by atoms with Gasteiger partial charge in [-0.2, -0.15) is 0 Å². The van der Waals surface area contributed by atoms with Crippen LogP contribution in [-0.2, 0) is 4.79 Å². The fourth-order valence-corrected chi connectivity index (χ4v) is 0.550. The summed E-state index contributed by atoms with van der Waals surface area (Å²) < 4.78 is 0. The molecule has 0 heterocycles. The maximum absolute atomic E-state index is 10.1. The summed E-state index contributed by atoms with van der Waals surface area (Å²) in [4.78, 5) is 12.6. The van der Waals surface area contributed by atoms with Crippen molar-refractivity contribution in [3.63, 3.8) is 0 Å². The number of rotatable bonds is 5. The highest BCUT2D eigenvalue weighted by Gasteiger charge is 2.09. The molecule has 0 saturated carbocycles. The molecule has 6 nitrogen and oxygen atoms in total. The minimum Gasteiger partial charge on any atom is -0.480 e. The van der Waals surface area contributed by atoms with Crippen LogP contribution in [0.25, 0.3) is 10.4 Å². The summed E-state index contributed by atoms with van der Waals surface area (Å²) in [5, 5.41) is 11.5. The number of hydrogen-bond donors (Lipinski definition) is 2. The molecular formula is C5H11ClN4O2. The van der Waals surface area contributed by atoms with Crippen LogP contribution >= 0.6 is 12.4 Å². The van der Waals surface area contributed by atoms with Crippen molar-refractivity contribution < 1.29 is 9.90 Å². The zero-order valence-corrected chi connectivity index (χ0v) is 7.20. The van der Waals surface area contributed by atoms with Crippen LogP contribution in [0.5, 0.6) is 0 Å². The van der Waals surface area contributed by atoms with E-state index >= 15 is 0 Å². The Labute approximate surface area is 75.8 Å². The van der Waals surface area contributed by atoms with E-state index in [1.807, 2.05) is 0 Å². The van der Waals surface area contributed by atoms with Crippen LogP contribution in [0.15, 0.2) is 5.11 Å². The molecule has 0 aromatic carbocycles. The summed E-state index contributed by atoms with van der Waals surface area (Å²) in [6, 6.07) is -0.844. The monoisotopic (exact) mass is 194 g/mol. The zero-order chi connectivity index (χ0) is 8.69. The second kappa shape index (κ2) is 8.13. The van der Waals surface area contributed by atoms with Crippen molar-refractivity contribution in [2.75, 3.05) is 6.54 Å². The smallest absolute Gasteiger partial charge is 0.320 e. The maximum atomic E-state index is 10.1. The van der Waals surface area contributed by atoms with Gasteiger partial charge in [-0.25, -0.2) is 0 Å². The molecule has 3 N–H and O–H groups in total. The average Bonchev–Trinajstić information content (AvgIpc) is 1.97. The number of aliphatic carboxylic acids is 1. The van der Waals surface area contributed by atoms with Gasteiger partial charge in [0, 0.05) is 11.5 Å². The van der Waals surface area contributed by atoms with Crippen LogP contribution in [0.1, 0.15) is 12.8 Å². The molecule has 0 amide bonds. The van der Waals surface area contributed by atoms with E-state index in [-0.39, 0.29) is 12.4 Å². The molecule has 0 saturated heterocycles. The van der Waals surface area contributed by atoms with Gasteiger partial charge in [-0.1, -0.05) is 5.11 Å². The van der Waals surface area contributed by atoms with Gasteiger partial charge in [0.15, 0.2) is 0 Å². The standard InChI is InChI=1S/C5H10N4O2.ClH/c6-4(5(10)11)2-1-3-8-9-7;/h4H,1-3,6H2,(H,10,11);1H/t4-;/m0./s1. The lowest BCUT2D eigenvalue weighted by Crippen LogP contribution is -2.29. The molecule has 1 atom stereocenters. The first-order chi connectivity index (χ1) is 5.18. The largest absolute Gasteiger partial charge is 0.480 e. The second-order valence-corrected chi connectivity index (χ2v) is 2.04. The lowest BCUT2D eigenvalue weighted by atomic mass is 10.2. The van der Waals surface area contributed by atoms with Gasteiger partial charge in [-0.3, -0.25) is 4.79 Å². The SMILES string of the molecule is Cl.[N-]=[N+]=NCCC[C@H](N)C(=O)O. The molecule has 0 aromatic heterocycles. The number of carbonyl (C=O) groups is 1. The summed E-state index contributed by atoms with van der Waals surface area (Å²) >= 11 is 0. The minimum absolute atomic E-state index is 0. The topological polar surface area (TPSA) is 112 Å². The predicted molar refractivity (Wildman–Crippen MR) is 46.1 cm³/mol. The molecule has 0 fully saturated rings. The van der Waals surface area contributed by atoms with Crippen LogP contribution in [0.4, 0.5) is 0 Å². The van der Waals surface area contributed by atoms with E-state index in [9.17, 15) is 4.79 Å². The maximum Gasteiger partial charge on any atom is 0.320 e. The molecule has 0 bridgehead atoms. The van der Waals surface area contributed by atoms with Crippen LogP contribution in [0, 0.1) is 0 Å². The number of azide groups is 1. The molecule has 12 heavy (non-hydrogen) atoms. The summed E-state index contributed by atoms with van der Waals surface area (Å²) in [7, 11) is 0. The molecule has 0 aliphatic carbocycles. The summed E-state index contributed by atoms with van der Waals surface area (Å²) in [6.45, 7) is 0.303. The molecule has 0 aromatic rings. The molecule has 0 radical (unpaired) electrons. The minimum atomic E-state index is -1.02. The number of carboxylic acid groups (broad SMARTS) is 1. The van der Waals surface area contributed by atoms with E-state index in [2.05, 4.69) is 10.0 Å². The van der Waals surface area contributed by atoms with Crippen molar-refractivity contribution in [3.05, 3.63) is 10.4 Å². The number of nitrogens with two attached hydrogens (primary N) is 1. The lowest BCUT2D eigenvalue weighted by molar-refractivity contribution is -0.138. The molecular weight excluding hydrogens is 184 g/mol. The Bertz CT molecular complexity index is 180. The van der Waals surface area contributed by atoms with Gasteiger partial charge in [-0.15, -0.1) is 12.4 Å². The molecule has 0 rings (SSSR count). The number of carboxylic acids is 1. The van der Waals surface area contributed by atoms with Crippen molar-refractivity contribution in [3.8, 4) is 0 Å². The van der Waals surface area contributed by atoms with E-state index in [0.717, 1.165) is 0 Å². The molecule has 7 heteroatoms. The Morgan fingerprint density at radius 1 is 1.75 bits per heavy atom. The third kappa shape index (κ3) is 7.14. The van der Waals surface area contributed by atoms with E-state index < -0.39 is 12.0 Å². The normalized spacial score (nSPS) is 10.8. The first-order valence-electron chi connectivity index (χ1n) is 3.17. The first kappa shape index (κ1) is 13.6. The van der Waals surface area contributed by atoms with Gasteiger partial charge in [0.1, 0.15) is 6.04 Å². The van der Waals surface area contributed by atoms with Gasteiger partial charge in [-0.05, 0) is 18.4 Å². The molecule has 0 spiro atoms. The quantitative estimate of drug-likeness (QED) is 0.294. The fraction of sp³-hybridized carbons (Fsp3) is 0.800. The summed E-state index contributed by atoms with van der Waals surface area (Å²) in [5.41, 5.74) is 13.0. The van der Waals surface area contributed by atoms with E-state index in [0.29, 0.717) is 19.4 Å². The molecule has 0 aliphatic rings. The fourth-order valence-electron chi connectivity index (χ4n) is 0.550. The predicted octanol–water partition coefficient (Wildman–Crippen LogP) is 0.911. The van der Waals surface area contributed by atoms with E-state index in [4.69, 9.17) is 16.4 Å². The molecule has 0 aliphatic heterocycles. The van der Waals surface area contributed by atoms with Crippen molar-refractivity contribution in [2.45, 2.75) is 18.9 Å². The highest BCUT2D eigenvalue weighted by atomic mass is 35.5. The highest BCUT2D eigenvalue weighted by molar-refractivity contribution is 5.85. The third-order valence-corrected chi connectivity index (χ3v) is 1.15. The lowest BCUT2D eigenvalue weighted by Gasteiger charge is -2.02. The number of hydrogen-bond acceptors (Lipinski definition) is 3. The zero-order valence-electron chi connectivity index (χ0n) is 6.38. The van der Waals surface area contributed by atoms with Gasteiger partial charge in [0.25, 0.3) is 0 Å². The van der Waals surface area contributed by atoms with Crippen molar-refractivity contribution in [1.29, 1.82) is 0 Å². The third-order valence-electron chi connectivity index (χ3n) is 1.15. The Kier molecular flexibility index (Phi) is 9.22. The summed E-state index contributed by atoms with van der Waals surface area (Å²) in [6.07, 6.45) is 0.853. The first-order valence-corrected chi connectivity index (χ1v) is 3.17. The Morgan fingerprint density at radius 2 is 2.33 bits per heavy atom. The van der Waals surface area contributed by atoms with Crippen LogP contribution in [0.3, 0.4) is 0 Å². The molecule has 0 unspecified atom stereocenters. The van der Waals surface area contributed by atoms with Crippen LogP contribution in [-0.4, -0.2) is 23.7 Å². The van der Waals surface area contributed by atoms with Gasteiger partial charge in [0.2, 0.25) is 0 Å². The van der Waals surface area contributed by atoms with Crippen molar-refractivity contribution in [2.24, 2.45) is 10.8 Å². The average molecular weight is 195 g/mol. The van der Waals surface area contributed by atoms with Crippen molar-refractivity contribution >= 4 is 18.4 Å². The van der Waals surface area contributed by atoms with Gasteiger partial charge in [0.05, 0.1) is 0 Å². The number of halogens is 1. The second-order valence-electron chi connectivity index (χ2n) is 2.04. The van der Waals surface area contributed by atoms with E-state index in [1.165, 1.54) is 0 Å².